The number of ether oxygens (including phenoxy) is 1. The molecule has 3 aromatic carbocycles. The third kappa shape index (κ3) is 5.19. The zero-order valence-corrected chi connectivity index (χ0v) is 17.8. The third-order valence-corrected chi connectivity index (χ3v) is 5.04. The van der Waals surface area contributed by atoms with Gasteiger partial charge >= 0.3 is 0 Å². The predicted molar refractivity (Wildman–Crippen MR) is 126 cm³/mol. The van der Waals surface area contributed by atoms with Crippen molar-refractivity contribution in [2.45, 2.75) is 12.8 Å². The Morgan fingerprint density at radius 3 is 2.50 bits per heavy atom. The molecule has 32 heavy (non-hydrogen) atoms. The van der Waals surface area contributed by atoms with Crippen molar-refractivity contribution >= 4 is 23.0 Å². The Morgan fingerprint density at radius 1 is 1.00 bits per heavy atom. The van der Waals surface area contributed by atoms with E-state index in [2.05, 4.69) is 15.7 Å². The van der Waals surface area contributed by atoms with Crippen molar-refractivity contribution in [2.75, 3.05) is 24.4 Å². The molecule has 0 aliphatic rings. The van der Waals surface area contributed by atoms with Crippen LogP contribution in [0, 0.1) is 0 Å². The SMILES string of the molecule is COc1cccc(C(=O)Nc2ccc(Nc3cccc(-n4cc(CCCO)[nH]4)c3)cc2)c1. The van der Waals surface area contributed by atoms with Crippen LogP contribution in [-0.2, 0) is 6.42 Å². The monoisotopic (exact) mass is 430 g/mol. The lowest BCUT2D eigenvalue weighted by atomic mass is 10.2. The van der Waals surface area contributed by atoms with Crippen LogP contribution in [0.15, 0.2) is 79.0 Å². The number of hydrogen-bond donors (Lipinski definition) is 4. The molecular formula is C25H26N4O3. The molecule has 0 fully saturated rings. The summed E-state index contributed by atoms with van der Waals surface area (Å²) in [7, 11) is 1.58. The lowest BCUT2D eigenvalue weighted by molar-refractivity contribution is 0.102. The van der Waals surface area contributed by atoms with E-state index in [1.54, 1.807) is 31.4 Å². The fourth-order valence-corrected chi connectivity index (χ4v) is 3.34. The summed E-state index contributed by atoms with van der Waals surface area (Å²) in [6.07, 6.45) is 3.63. The van der Waals surface area contributed by atoms with Gasteiger partial charge in [0.2, 0.25) is 0 Å². The van der Waals surface area contributed by atoms with Crippen LogP contribution in [0.25, 0.3) is 5.69 Å². The van der Waals surface area contributed by atoms with E-state index in [1.165, 1.54) is 0 Å². The number of rotatable bonds is 9. The van der Waals surface area contributed by atoms with Gasteiger partial charge in [-0.3, -0.25) is 14.6 Å². The zero-order chi connectivity index (χ0) is 22.3. The molecular weight excluding hydrogens is 404 g/mol. The highest BCUT2D eigenvalue weighted by atomic mass is 16.5. The van der Waals surface area contributed by atoms with Gasteiger partial charge in [0, 0.05) is 35.4 Å². The van der Waals surface area contributed by atoms with Gasteiger partial charge in [-0.2, -0.15) is 0 Å². The first-order valence-electron chi connectivity index (χ1n) is 10.4. The number of aryl methyl sites for hydroxylation is 1. The van der Waals surface area contributed by atoms with Crippen molar-refractivity contribution in [3.8, 4) is 11.4 Å². The maximum absolute atomic E-state index is 12.5. The van der Waals surface area contributed by atoms with Crippen LogP contribution in [0.5, 0.6) is 5.75 Å². The Morgan fingerprint density at radius 2 is 1.75 bits per heavy atom. The number of nitrogens with zero attached hydrogens (tertiary/aromatic N) is 1. The molecule has 1 amide bonds. The number of anilines is 3. The largest absolute Gasteiger partial charge is 0.497 e. The number of methoxy groups -OCH3 is 1. The Labute approximate surface area is 186 Å². The lowest BCUT2D eigenvalue weighted by Crippen LogP contribution is -2.12. The van der Waals surface area contributed by atoms with Gasteiger partial charge < -0.3 is 20.5 Å². The molecule has 0 saturated carbocycles. The highest BCUT2D eigenvalue weighted by Crippen LogP contribution is 2.22. The maximum atomic E-state index is 12.5. The molecule has 0 spiro atoms. The molecule has 0 aliphatic carbocycles. The summed E-state index contributed by atoms with van der Waals surface area (Å²) in [5, 5.41) is 18.5. The van der Waals surface area contributed by atoms with E-state index < -0.39 is 0 Å². The number of aliphatic hydroxyl groups excluding tert-OH is 1. The Kier molecular flexibility index (Phi) is 6.57. The number of carbonyl (C=O) groups is 1. The Balaban J connectivity index is 1.37. The molecule has 1 heterocycles. The summed E-state index contributed by atoms with van der Waals surface area (Å²) in [4.78, 5) is 12.5. The van der Waals surface area contributed by atoms with Gasteiger partial charge in [-0.15, -0.1) is 0 Å². The second-order valence-electron chi connectivity index (χ2n) is 7.40. The zero-order valence-electron chi connectivity index (χ0n) is 17.8. The Bertz CT molecular complexity index is 1170. The molecule has 164 valence electrons. The number of benzene rings is 3. The molecule has 7 heteroatoms. The summed E-state index contributed by atoms with van der Waals surface area (Å²) in [6.45, 7) is 0.196. The summed E-state index contributed by atoms with van der Waals surface area (Å²) >= 11 is 0. The van der Waals surface area contributed by atoms with Gasteiger partial charge in [-0.05, 0) is 73.5 Å². The van der Waals surface area contributed by atoms with Crippen LogP contribution in [0.4, 0.5) is 17.1 Å². The standard InChI is InChI=1S/C25H26N4O3/c1-32-24-9-2-5-18(15-24)25(31)27-20-12-10-19(11-13-20)26-21-6-3-8-23(16-21)29-17-22(28-29)7-4-14-30/h2-3,5-6,8-13,15-17,26,28,30H,4,7,14H2,1H3,(H,27,31). The van der Waals surface area contributed by atoms with Gasteiger partial charge in [0.25, 0.3) is 5.91 Å². The number of carbonyl (C=O) groups excluding carboxylic acids is 1. The number of aromatic nitrogens is 2. The Hall–Kier alpha value is -3.97. The first-order valence-corrected chi connectivity index (χ1v) is 10.4. The van der Waals surface area contributed by atoms with Crippen molar-refractivity contribution in [1.29, 1.82) is 0 Å². The van der Waals surface area contributed by atoms with Gasteiger partial charge in [0.05, 0.1) is 18.5 Å². The average molecular weight is 431 g/mol. The van der Waals surface area contributed by atoms with E-state index in [1.807, 2.05) is 59.4 Å². The predicted octanol–water partition coefficient (Wildman–Crippen LogP) is 4.73. The lowest BCUT2D eigenvalue weighted by Gasteiger charge is -2.17. The van der Waals surface area contributed by atoms with E-state index in [9.17, 15) is 4.79 Å². The van der Waals surface area contributed by atoms with Crippen molar-refractivity contribution < 1.29 is 14.6 Å². The van der Waals surface area contributed by atoms with Crippen LogP contribution in [0.1, 0.15) is 22.5 Å². The smallest absolute Gasteiger partial charge is 0.255 e. The summed E-state index contributed by atoms with van der Waals surface area (Å²) in [5.41, 5.74) is 5.25. The molecule has 4 rings (SSSR count). The third-order valence-electron chi connectivity index (χ3n) is 5.04. The fourth-order valence-electron chi connectivity index (χ4n) is 3.34. The van der Waals surface area contributed by atoms with Crippen molar-refractivity contribution in [2.24, 2.45) is 0 Å². The highest BCUT2D eigenvalue weighted by Gasteiger charge is 2.08. The molecule has 0 saturated heterocycles. The number of amides is 1. The van der Waals surface area contributed by atoms with E-state index in [0.29, 0.717) is 17.0 Å². The number of H-pyrrole nitrogens is 1. The first-order chi connectivity index (χ1) is 15.6. The minimum atomic E-state index is -0.189. The molecule has 4 N–H and O–H groups in total. The molecule has 4 aromatic rings. The minimum Gasteiger partial charge on any atom is -0.497 e. The van der Waals surface area contributed by atoms with Gasteiger partial charge in [-0.1, -0.05) is 12.1 Å². The van der Waals surface area contributed by atoms with E-state index in [0.717, 1.165) is 35.6 Å². The average Bonchev–Trinajstić information content (AvgIpc) is 2.80. The second-order valence-corrected chi connectivity index (χ2v) is 7.40. The second kappa shape index (κ2) is 9.89. The van der Waals surface area contributed by atoms with Crippen molar-refractivity contribution in [3.05, 3.63) is 90.3 Å². The minimum absolute atomic E-state index is 0.189. The highest BCUT2D eigenvalue weighted by molar-refractivity contribution is 6.04. The van der Waals surface area contributed by atoms with Crippen LogP contribution in [-0.4, -0.2) is 34.5 Å². The van der Waals surface area contributed by atoms with Gasteiger partial charge in [0.15, 0.2) is 0 Å². The number of aromatic amines is 1. The molecule has 0 aliphatic heterocycles. The van der Waals surface area contributed by atoms with E-state index in [-0.39, 0.29) is 12.5 Å². The summed E-state index contributed by atoms with van der Waals surface area (Å²) in [5.74, 6) is 0.454. The molecule has 0 bridgehead atoms. The van der Waals surface area contributed by atoms with Crippen LogP contribution < -0.4 is 15.4 Å². The summed E-state index contributed by atoms with van der Waals surface area (Å²) < 4.78 is 7.13. The number of hydrogen-bond acceptors (Lipinski definition) is 4. The molecule has 0 atom stereocenters. The maximum Gasteiger partial charge on any atom is 0.255 e. The quantitative estimate of drug-likeness (QED) is 0.309. The van der Waals surface area contributed by atoms with Gasteiger partial charge in [0.1, 0.15) is 5.75 Å². The molecule has 1 aromatic heterocycles. The summed E-state index contributed by atoms with van der Waals surface area (Å²) in [6, 6.07) is 22.7. The van der Waals surface area contributed by atoms with Crippen molar-refractivity contribution in [1.82, 2.24) is 9.78 Å². The number of nitrogens with one attached hydrogen (secondary N) is 3. The number of aliphatic hydroxyl groups is 1. The first kappa shape index (κ1) is 21.3. The van der Waals surface area contributed by atoms with Crippen LogP contribution >= 0.6 is 0 Å². The topological polar surface area (TPSA) is 91.3 Å². The normalized spacial score (nSPS) is 10.7. The molecule has 0 radical (unpaired) electrons. The molecule has 0 unspecified atom stereocenters. The van der Waals surface area contributed by atoms with E-state index >= 15 is 0 Å². The molecule has 7 nitrogen and oxygen atoms in total. The van der Waals surface area contributed by atoms with E-state index in [4.69, 9.17) is 9.84 Å². The van der Waals surface area contributed by atoms with Crippen LogP contribution in [0.2, 0.25) is 0 Å². The fraction of sp³-hybridized carbons (Fsp3) is 0.160. The van der Waals surface area contributed by atoms with Crippen LogP contribution in [0.3, 0.4) is 0 Å². The van der Waals surface area contributed by atoms with Crippen molar-refractivity contribution in [3.63, 3.8) is 0 Å². The van der Waals surface area contributed by atoms with Gasteiger partial charge in [-0.25, -0.2) is 0 Å².